The van der Waals surface area contributed by atoms with Crippen molar-refractivity contribution in [3.8, 4) is 11.3 Å². The molecule has 1 aromatic heterocycles. The minimum absolute atomic E-state index is 0.195. The summed E-state index contributed by atoms with van der Waals surface area (Å²) < 4.78 is 13.0. The molecule has 0 radical (unpaired) electrons. The maximum absolute atomic E-state index is 13.0. The number of hydrogen-bond donors (Lipinski definition) is 1. The number of hydrogen-bond acceptors (Lipinski definition) is 0. The lowest BCUT2D eigenvalue weighted by atomic mass is 9.99. The first-order valence-electron chi connectivity index (χ1n) is 7.66. The number of nitrogens with one attached hydrogen (secondary N) is 1. The van der Waals surface area contributed by atoms with Crippen LogP contribution in [0.25, 0.3) is 22.2 Å². The summed E-state index contributed by atoms with van der Waals surface area (Å²) in [6.07, 6.45) is 3.73. The van der Waals surface area contributed by atoms with Gasteiger partial charge in [0.15, 0.2) is 0 Å². The molecule has 2 heteroatoms. The van der Waals surface area contributed by atoms with Gasteiger partial charge in [0.2, 0.25) is 0 Å². The van der Waals surface area contributed by atoms with Crippen LogP contribution in [0.15, 0.2) is 42.5 Å². The van der Waals surface area contributed by atoms with E-state index >= 15 is 0 Å². The molecule has 1 heterocycles. The zero-order valence-corrected chi connectivity index (χ0v) is 12.1. The van der Waals surface area contributed by atoms with E-state index in [1.54, 1.807) is 0 Å². The Balaban J connectivity index is 1.83. The topological polar surface area (TPSA) is 15.8 Å². The lowest BCUT2D eigenvalue weighted by Crippen LogP contribution is -1.90. The number of aromatic nitrogens is 1. The summed E-state index contributed by atoms with van der Waals surface area (Å²) in [6.45, 7) is 2.22. The molecule has 1 nitrogen and oxygen atoms in total. The van der Waals surface area contributed by atoms with Crippen LogP contribution in [0, 0.1) is 5.82 Å². The molecule has 106 valence electrons. The second-order valence-electron chi connectivity index (χ2n) is 5.96. The first-order chi connectivity index (χ1) is 10.2. The standard InChI is InChI=1S/C19H18FN/c1-2-12-9-15-10-18(14-5-7-16(20)8-6-14)21-19(15)11-17(12)13-3-4-13/h5-11,13,21H,2-4H2,1H3. The number of halogens is 1. The monoisotopic (exact) mass is 279 g/mol. The Morgan fingerprint density at radius 1 is 1.10 bits per heavy atom. The van der Waals surface area contributed by atoms with Crippen LogP contribution < -0.4 is 0 Å². The van der Waals surface area contributed by atoms with Crippen LogP contribution in [-0.2, 0) is 6.42 Å². The average molecular weight is 279 g/mol. The largest absolute Gasteiger partial charge is 0.355 e. The van der Waals surface area contributed by atoms with Crippen molar-refractivity contribution in [2.75, 3.05) is 0 Å². The number of H-pyrrole nitrogens is 1. The Morgan fingerprint density at radius 3 is 2.52 bits per heavy atom. The third-order valence-electron chi connectivity index (χ3n) is 4.43. The minimum Gasteiger partial charge on any atom is -0.355 e. The molecule has 0 aliphatic heterocycles. The van der Waals surface area contributed by atoms with E-state index in [-0.39, 0.29) is 5.82 Å². The normalized spacial score (nSPS) is 14.8. The summed E-state index contributed by atoms with van der Waals surface area (Å²) in [5.74, 6) is 0.570. The summed E-state index contributed by atoms with van der Waals surface area (Å²) in [6, 6.07) is 13.5. The molecular weight excluding hydrogens is 261 g/mol. The van der Waals surface area contributed by atoms with Crippen LogP contribution in [0.1, 0.15) is 36.8 Å². The van der Waals surface area contributed by atoms with Gasteiger partial charge in [0.1, 0.15) is 5.82 Å². The number of benzene rings is 2. The Morgan fingerprint density at radius 2 is 1.86 bits per heavy atom. The van der Waals surface area contributed by atoms with Gasteiger partial charge in [-0.3, -0.25) is 0 Å². The molecular formula is C19H18FN. The Hall–Kier alpha value is -2.09. The number of rotatable bonds is 3. The van der Waals surface area contributed by atoms with Gasteiger partial charge in [-0.1, -0.05) is 6.92 Å². The molecule has 4 rings (SSSR count). The van der Waals surface area contributed by atoms with Gasteiger partial charge in [0, 0.05) is 16.6 Å². The third-order valence-corrected chi connectivity index (χ3v) is 4.43. The van der Waals surface area contributed by atoms with Crippen molar-refractivity contribution in [3.05, 3.63) is 59.4 Å². The molecule has 0 amide bonds. The van der Waals surface area contributed by atoms with E-state index in [1.165, 1.54) is 47.0 Å². The van der Waals surface area contributed by atoms with Crippen molar-refractivity contribution >= 4 is 10.9 Å². The lowest BCUT2D eigenvalue weighted by molar-refractivity contribution is 0.628. The molecule has 2 aromatic carbocycles. The van der Waals surface area contributed by atoms with Gasteiger partial charge >= 0.3 is 0 Å². The van der Waals surface area contributed by atoms with E-state index in [0.717, 1.165) is 23.6 Å². The maximum atomic E-state index is 13.0. The van der Waals surface area contributed by atoms with Gasteiger partial charge in [-0.15, -0.1) is 0 Å². The first-order valence-corrected chi connectivity index (χ1v) is 7.66. The van der Waals surface area contributed by atoms with E-state index in [9.17, 15) is 4.39 Å². The smallest absolute Gasteiger partial charge is 0.123 e. The van der Waals surface area contributed by atoms with Crippen LogP contribution in [0.4, 0.5) is 4.39 Å². The summed E-state index contributed by atoms with van der Waals surface area (Å²) in [4.78, 5) is 3.48. The van der Waals surface area contributed by atoms with Gasteiger partial charge in [0.25, 0.3) is 0 Å². The van der Waals surface area contributed by atoms with E-state index < -0.39 is 0 Å². The highest BCUT2D eigenvalue weighted by Crippen LogP contribution is 2.43. The third kappa shape index (κ3) is 2.25. The van der Waals surface area contributed by atoms with Gasteiger partial charge in [-0.25, -0.2) is 4.39 Å². The first kappa shape index (κ1) is 12.6. The van der Waals surface area contributed by atoms with Crippen molar-refractivity contribution in [1.29, 1.82) is 0 Å². The summed E-state index contributed by atoms with van der Waals surface area (Å²) in [5.41, 5.74) is 6.25. The van der Waals surface area contributed by atoms with Gasteiger partial charge in [-0.05, 0) is 84.3 Å². The Kier molecular flexibility index (Phi) is 2.85. The van der Waals surface area contributed by atoms with Crippen molar-refractivity contribution < 1.29 is 4.39 Å². The maximum Gasteiger partial charge on any atom is 0.123 e. The SMILES string of the molecule is CCc1cc2cc(-c3ccc(F)cc3)[nH]c2cc1C1CC1. The summed E-state index contributed by atoms with van der Waals surface area (Å²) in [7, 11) is 0. The second kappa shape index (κ2) is 4.73. The quantitative estimate of drug-likeness (QED) is 0.659. The zero-order chi connectivity index (χ0) is 14.4. The van der Waals surface area contributed by atoms with Crippen LogP contribution in [-0.4, -0.2) is 4.98 Å². The Labute approximate surface area is 123 Å². The van der Waals surface area contributed by atoms with E-state index in [4.69, 9.17) is 0 Å². The van der Waals surface area contributed by atoms with Crippen molar-refractivity contribution in [2.45, 2.75) is 32.1 Å². The Bertz CT molecular complexity index is 794. The molecule has 1 aliphatic carbocycles. The molecule has 0 spiro atoms. The van der Waals surface area contributed by atoms with E-state index in [2.05, 4.69) is 30.1 Å². The molecule has 0 bridgehead atoms. The number of aryl methyl sites for hydroxylation is 1. The van der Waals surface area contributed by atoms with Crippen molar-refractivity contribution in [3.63, 3.8) is 0 Å². The summed E-state index contributed by atoms with van der Waals surface area (Å²) >= 11 is 0. The highest BCUT2D eigenvalue weighted by Gasteiger charge is 2.26. The predicted molar refractivity (Wildman–Crippen MR) is 85.0 cm³/mol. The van der Waals surface area contributed by atoms with Gasteiger partial charge in [-0.2, -0.15) is 0 Å². The fourth-order valence-corrected chi connectivity index (χ4v) is 3.11. The number of aromatic amines is 1. The fourth-order valence-electron chi connectivity index (χ4n) is 3.11. The minimum atomic E-state index is -0.195. The molecule has 1 saturated carbocycles. The molecule has 0 saturated heterocycles. The molecule has 1 fully saturated rings. The molecule has 0 atom stereocenters. The predicted octanol–water partition coefficient (Wildman–Crippen LogP) is 5.41. The van der Waals surface area contributed by atoms with E-state index in [1.807, 2.05) is 12.1 Å². The second-order valence-corrected chi connectivity index (χ2v) is 5.96. The van der Waals surface area contributed by atoms with Crippen LogP contribution in [0.5, 0.6) is 0 Å². The van der Waals surface area contributed by atoms with Crippen molar-refractivity contribution in [2.24, 2.45) is 0 Å². The number of fused-ring (bicyclic) bond motifs is 1. The molecule has 0 unspecified atom stereocenters. The van der Waals surface area contributed by atoms with Crippen molar-refractivity contribution in [1.82, 2.24) is 4.98 Å². The van der Waals surface area contributed by atoms with Crippen LogP contribution in [0.2, 0.25) is 0 Å². The van der Waals surface area contributed by atoms with Gasteiger partial charge < -0.3 is 4.98 Å². The highest BCUT2D eigenvalue weighted by molar-refractivity contribution is 5.87. The molecule has 21 heavy (non-hydrogen) atoms. The lowest BCUT2D eigenvalue weighted by Gasteiger charge is -2.06. The fraction of sp³-hybridized carbons (Fsp3) is 0.263. The van der Waals surface area contributed by atoms with Crippen LogP contribution >= 0.6 is 0 Å². The molecule has 3 aromatic rings. The zero-order valence-electron chi connectivity index (χ0n) is 12.1. The average Bonchev–Trinajstić information content (AvgIpc) is 3.26. The molecule has 1 aliphatic rings. The van der Waals surface area contributed by atoms with Crippen LogP contribution in [0.3, 0.4) is 0 Å². The van der Waals surface area contributed by atoms with E-state index in [0.29, 0.717) is 0 Å². The van der Waals surface area contributed by atoms with Gasteiger partial charge in [0.05, 0.1) is 0 Å². The molecule has 1 N–H and O–H groups in total. The summed E-state index contributed by atoms with van der Waals surface area (Å²) in [5, 5.41) is 1.25. The highest BCUT2D eigenvalue weighted by atomic mass is 19.1.